The largest absolute Gasteiger partial charge is 0.489 e. The number of anilines is 1. The van der Waals surface area contributed by atoms with Gasteiger partial charge in [-0.25, -0.2) is 23.4 Å². The molecule has 0 saturated heterocycles. The second-order valence-corrected chi connectivity index (χ2v) is 11.8. The number of fused-ring (bicyclic) bond motifs is 1. The minimum atomic E-state index is -1.05. The van der Waals surface area contributed by atoms with Gasteiger partial charge in [0.2, 0.25) is 0 Å². The van der Waals surface area contributed by atoms with Crippen LogP contribution in [0.5, 0.6) is 5.75 Å². The maximum atomic E-state index is 14.0. The summed E-state index contributed by atoms with van der Waals surface area (Å²) in [5, 5.41) is 5.24. The van der Waals surface area contributed by atoms with Gasteiger partial charge >= 0.3 is 12.1 Å². The lowest BCUT2D eigenvalue weighted by molar-refractivity contribution is -0.120. The molecule has 4 amide bonds. The highest BCUT2D eigenvalue weighted by molar-refractivity contribution is 6.01. The van der Waals surface area contributed by atoms with Gasteiger partial charge in [0.1, 0.15) is 35.6 Å². The fourth-order valence-corrected chi connectivity index (χ4v) is 3.93. The van der Waals surface area contributed by atoms with Gasteiger partial charge in [-0.2, -0.15) is 0 Å². The molecule has 12 heteroatoms. The van der Waals surface area contributed by atoms with Gasteiger partial charge in [0.25, 0.3) is 5.91 Å². The lowest BCUT2D eigenvalue weighted by Gasteiger charge is -2.23. The Balaban J connectivity index is 1.64. The minimum absolute atomic E-state index is 0.0222. The number of aliphatic imine (C=N–C) groups is 1. The Bertz CT molecular complexity index is 1540. The molecule has 44 heavy (non-hydrogen) atoms. The van der Waals surface area contributed by atoms with E-state index in [4.69, 9.17) is 15.2 Å². The van der Waals surface area contributed by atoms with Gasteiger partial charge in [0.15, 0.2) is 0 Å². The molecule has 3 rings (SSSR count). The maximum absolute atomic E-state index is 14.0. The van der Waals surface area contributed by atoms with Crippen molar-refractivity contribution in [3.63, 3.8) is 0 Å². The molecule has 0 bridgehead atoms. The van der Waals surface area contributed by atoms with Crippen molar-refractivity contribution in [1.82, 2.24) is 10.6 Å². The number of nitrogens with two attached hydrogens (primary N) is 1. The number of carbonyl (C=O) groups is 3. The van der Waals surface area contributed by atoms with E-state index in [0.717, 1.165) is 24.5 Å². The summed E-state index contributed by atoms with van der Waals surface area (Å²) in [5.74, 6) is 4.74. The number of alkyl carbamates (subject to hydrolysis) is 1. The first-order chi connectivity index (χ1) is 20.6. The Morgan fingerprint density at radius 2 is 1.91 bits per heavy atom. The van der Waals surface area contributed by atoms with E-state index in [-0.39, 0.29) is 25.1 Å². The summed E-state index contributed by atoms with van der Waals surface area (Å²) in [6.45, 7) is 9.22. The molecule has 234 valence electrons. The number of ether oxygens (including phenoxy) is 2. The van der Waals surface area contributed by atoms with Crippen LogP contribution in [0.1, 0.15) is 45.7 Å². The number of carbonyl (C=O) groups excluding carboxylic acids is 3. The summed E-state index contributed by atoms with van der Waals surface area (Å²) in [7, 11) is 1.55. The summed E-state index contributed by atoms with van der Waals surface area (Å²) in [6, 6.07) is 6.39. The van der Waals surface area contributed by atoms with Crippen molar-refractivity contribution in [3.8, 4) is 17.6 Å². The van der Waals surface area contributed by atoms with Crippen LogP contribution >= 0.6 is 0 Å². The van der Waals surface area contributed by atoms with Gasteiger partial charge in [-0.05, 0) is 76.2 Å². The summed E-state index contributed by atoms with van der Waals surface area (Å²) >= 11 is 0. The molecule has 1 aliphatic heterocycles. The molecular weight excluding hydrogens is 572 g/mol. The number of nitrogens with zero attached hydrogens (tertiary/aromatic N) is 2. The third kappa shape index (κ3) is 9.83. The first-order valence-corrected chi connectivity index (χ1v) is 13.8. The van der Waals surface area contributed by atoms with Crippen LogP contribution in [0, 0.1) is 28.9 Å². The third-order valence-electron chi connectivity index (χ3n) is 6.24. The van der Waals surface area contributed by atoms with Gasteiger partial charge in [0, 0.05) is 43.3 Å². The Hall–Kier alpha value is -4.92. The maximum Gasteiger partial charge on any atom is 0.407 e. The van der Waals surface area contributed by atoms with E-state index in [0.29, 0.717) is 22.6 Å². The van der Waals surface area contributed by atoms with Crippen LogP contribution in [0.15, 0.2) is 53.2 Å². The first kappa shape index (κ1) is 33.6. The fraction of sp³-hybridized carbons (Fsp3) is 0.375. The van der Waals surface area contributed by atoms with Crippen molar-refractivity contribution < 1.29 is 32.6 Å². The van der Waals surface area contributed by atoms with E-state index in [1.807, 2.05) is 13.8 Å². The quantitative estimate of drug-likeness (QED) is 0.327. The summed E-state index contributed by atoms with van der Waals surface area (Å²) in [4.78, 5) is 42.9. The van der Waals surface area contributed by atoms with Gasteiger partial charge < -0.3 is 30.7 Å². The van der Waals surface area contributed by atoms with E-state index < -0.39 is 46.7 Å². The summed E-state index contributed by atoms with van der Waals surface area (Å²) in [5.41, 5.74) is 5.95. The highest BCUT2D eigenvalue weighted by Crippen LogP contribution is 2.31. The van der Waals surface area contributed by atoms with Gasteiger partial charge in [0.05, 0.1) is 5.69 Å². The van der Waals surface area contributed by atoms with Crippen LogP contribution in [-0.2, 0) is 16.0 Å². The van der Waals surface area contributed by atoms with Crippen LogP contribution in [-0.4, -0.2) is 56.1 Å². The zero-order valence-corrected chi connectivity index (χ0v) is 25.6. The molecule has 0 radical (unpaired) electrons. The van der Waals surface area contributed by atoms with E-state index >= 15 is 0 Å². The Morgan fingerprint density at radius 1 is 1.18 bits per heavy atom. The first-order valence-electron chi connectivity index (χ1n) is 13.8. The van der Waals surface area contributed by atoms with Gasteiger partial charge in [-0.3, -0.25) is 4.79 Å². The van der Waals surface area contributed by atoms with Crippen LogP contribution in [0.25, 0.3) is 0 Å². The van der Waals surface area contributed by atoms with E-state index in [9.17, 15) is 23.2 Å². The summed E-state index contributed by atoms with van der Waals surface area (Å²) in [6.07, 6.45) is 1.75. The fourth-order valence-electron chi connectivity index (χ4n) is 3.93. The summed E-state index contributed by atoms with van der Waals surface area (Å²) < 4.78 is 38.3. The number of urea groups is 1. The smallest absolute Gasteiger partial charge is 0.407 e. The van der Waals surface area contributed by atoms with Gasteiger partial charge in [-0.15, -0.1) is 0 Å². The zero-order chi connectivity index (χ0) is 32.7. The predicted molar refractivity (Wildman–Crippen MR) is 163 cm³/mol. The Kier molecular flexibility index (Phi) is 10.7. The van der Waals surface area contributed by atoms with E-state index in [1.54, 1.807) is 46.0 Å². The number of rotatable bonds is 6. The van der Waals surface area contributed by atoms with Crippen molar-refractivity contribution in [2.45, 2.75) is 52.7 Å². The molecule has 1 atom stereocenters. The molecular formula is C32H37F2N5O5. The average molecular weight is 610 g/mol. The second kappa shape index (κ2) is 14.0. The highest BCUT2D eigenvalue weighted by Gasteiger charge is 2.30. The average Bonchev–Trinajstić information content (AvgIpc) is 3.05. The highest BCUT2D eigenvalue weighted by atomic mass is 19.1. The molecule has 4 N–H and O–H groups in total. The van der Waals surface area contributed by atoms with Crippen LogP contribution in [0.3, 0.4) is 0 Å². The Morgan fingerprint density at radius 3 is 2.57 bits per heavy atom. The number of hydrogen-bond acceptors (Lipinski definition) is 6. The molecule has 0 spiro atoms. The lowest BCUT2D eigenvalue weighted by Crippen LogP contribution is -2.48. The number of amides is 4. The van der Waals surface area contributed by atoms with Crippen LogP contribution in [0.4, 0.5) is 24.1 Å². The molecule has 0 unspecified atom stereocenters. The van der Waals surface area contributed by atoms with Crippen LogP contribution < -0.4 is 26.0 Å². The molecule has 0 saturated carbocycles. The minimum Gasteiger partial charge on any atom is -0.489 e. The molecule has 2 aromatic carbocycles. The van der Waals surface area contributed by atoms with Crippen molar-refractivity contribution in [1.29, 1.82) is 0 Å². The third-order valence-corrected chi connectivity index (χ3v) is 6.24. The number of nitrogens with one attached hydrogen (secondary N) is 2. The number of allylic oxidation sites excluding steroid dienone is 1. The van der Waals surface area contributed by atoms with Crippen molar-refractivity contribution in [3.05, 3.63) is 70.9 Å². The lowest BCUT2D eigenvalue weighted by atomic mass is 9.94. The van der Waals surface area contributed by atoms with E-state index in [1.165, 1.54) is 11.0 Å². The Labute approximate surface area is 255 Å². The van der Waals surface area contributed by atoms with Crippen LogP contribution in [0.2, 0.25) is 0 Å². The number of halogens is 2. The van der Waals surface area contributed by atoms with Crippen molar-refractivity contribution >= 4 is 29.9 Å². The monoisotopic (exact) mass is 609 g/mol. The topological polar surface area (TPSA) is 135 Å². The zero-order valence-electron chi connectivity index (χ0n) is 25.6. The van der Waals surface area contributed by atoms with Crippen molar-refractivity contribution in [2.24, 2.45) is 16.1 Å². The number of benzene rings is 2. The van der Waals surface area contributed by atoms with E-state index in [2.05, 4.69) is 27.5 Å². The molecule has 10 nitrogen and oxygen atoms in total. The standard InChI is InChI=1S/C32H37F2N5O5/c1-31(2,3)44-30(42)37-19-32(4,5)12-11-20-7-10-27-26(14-20)39(6)28(40)25(18-43-27)38-29(41)36-17-21(16-35)13-22-8-9-23(33)15-24(22)34/h7-10,14-17,25H,13,18-19,35H2,1-6H3,(H,37,42)(H,38,41)/b21-16-,36-17+/t25-/m0/s1. The van der Waals surface area contributed by atoms with Gasteiger partial charge in [-0.1, -0.05) is 17.9 Å². The molecule has 0 fully saturated rings. The normalized spacial score (nSPS) is 15.5. The molecule has 2 aromatic rings. The predicted octanol–water partition coefficient (Wildman–Crippen LogP) is 4.46. The number of likely N-dealkylation sites (N-methyl/N-ethyl adjacent to an activating group) is 1. The van der Waals surface area contributed by atoms with Crippen molar-refractivity contribution in [2.75, 3.05) is 25.1 Å². The SMILES string of the molecule is CN1C(=O)[C@@H](NC(=O)/N=C/C(=C\N)Cc2ccc(F)cc2F)COc2ccc(C#CC(C)(C)CNC(=O)OC(C)(C)C)cc21. The molecule has 0 aliphatic carbocycles. The molecule has 1 heterocycles. The molecule has 1 aliphatic rings. The second-order valence-electron chi connectivity index (χ2n) is 11.8. The molecule has 0 aromatic heterocycles. The number of hydrogen-bond donors (Lipinski definition) is 3.